The van der Waals surface area contributed by atoms with Crippen molar-refractivity contribution in [3.63, 3.8) is 0 Å². The van der Waals surface area contributed by atoms with Gasteiger partial charge in [0, 0.05) is 22.5 Å². The second kappa shape index (κ2) is 9.68. The van der Waals surface area contributed by atoms with E-state index in [1.807, 2.05) is 0 Å². The van der Waals surface area contributed by atoms with Crippen LogP contribution in [0.5, 0.6) is 0 Å². The third-order valence-corrected chi connectivity index (χ3v) is 5.56. The molecular weight excluding hydrogens is 503 g/mol. The second-order valence-corrected chi connectivity index (χ2v) is 8.26. The first kappa shape index (κ1) is 23.5. The van der Waals surface area contributed by atoms with Crippen LogP contribution in [0.2, 0.25) is 15.1 Å². The van der Waals surface area contributed by atoms with Crippen LogP contribution in [0, 0.1) is 0 Å². The summed E-state index contributed by atoms with van der Waals surface area (Å²) in [5.41, 5.74) is 1.07. The normalized spacial score (nSPS) is 15.1. The molecule has 3 N–H and O–H groups in total. The molecule has 2 heterocycles. The molecule has 3 aromatic rings. The van der Waals surface area contributed by atoms with E-state index >= 15 is 0 Å². The SMILES string of the molecule is C=CC(=O)Nc1cccc(C(=O)NC2=NN(c3c(Cl)cc(Cl)cc3Cl)C(=O)C2c2cc[nH]n2)c1. The molecule has 1 aromatic heterocycles. The van der Waals surface area contributed by atoms with E-state index < -0.39 is 23.6 Å². The lowest BCUT2D eigenvalue weighted by Gasteiger charge is -2.16. The quantitative estimate of drug-likeness (QED) is 0.435. The second-order valence-electron chi connectivity index (χ2n) is 7.01. The molecule has 0 aliphatic carbocycles. The number of carbonyl (C=O) groups is 3. The van der Waals surface area contributed by atoms with Crippen molar-refractivity contribution >= 4 is 69.7 Å². The smallest absolute Gasteiger partial charge is 0.264 e. The number of benzene rings is 2. The van der Waals surface area contributed by atoms with Crippen molar-refractivity contribution in [2.45, 2.75) is 5.92 Å². The number of hydrazone groups is 1. The largest absolute Gasteiger partial charge is 0.323 e. The number of rotatable bonds is 5. The van der Waals surface area contributed by atoms with Crippen LogP contribution in [0.1, 0.15) is 22.0 Å². The molecule has 0 bridgehead atoms. The minimum absolute atomic E-state index is 0.0183. The molecule has 1 aliphatic rings. The number of hydrogen-bond acceptors (Lipinski definition) is 5. The molecule has 12 heteroatoms. The number of anilines is 2. The van der Waals surface area contributed by atoms with E-state index in [1.54, 1.807) is 30.5 Å². The van der Waals surface area contributed by atoms with Gasteiger partial charge in [-0.2, -0.15) is 15.2 Å². The molecule has 0 saturated heterocycles. The lowest BCUT2D eigenvalue weighted by Crippen LogP contribution is -2.35. The van der Waals surface area contributed by atoms with Crippen LogP contribution in [-0.2, 0) is 9.59 Å². The first-order valence-corrected chi connectivity index (χ1v) is 10.8. The van der Waals surface area contributed by atoms with Crippen molar-refractivity contribution in [1.82, 2.24) is 15.5 Å². The van der Waals surface area contributed by atoms with Crippen molar-refractivity contribution in [1.29, 1.82) is 0 Å². The lowest BCUT2D eigenvalue weighted by molar-refractivity contribution is -0.118. The summed E-state index contributed by atoms with van der Waals surface area (Å²) in [6, 6.07) is 10.7. The maximum atomic E-state index is 13.3. The minimum Gasteiger partial charge on any atom is -0.323 e. The third-order valence-electron chi connectivity index (χ3n) is 4.77. The molecule has 0 fully saturated rings. The monoisotopic (exact) mass is 516 g/mol. The summed E-state index contributed by atoms with van der Waals surface area (Å²) in [7, 11) is 0. The Kier molecular flexibility index (Phi) is 6.69. The van der Waals surface area contributed by atoms with Crippen LogP contribution in [0.15, 0.2) is 66.4 Å². The summed E-state index contributed by atoms with van der Waals surface area (Å²) in [4.78, 5) is 37.9. The van der Waals surface area contributed by atoms with E-state index in [1.165, 1.54) is 18.2 Å². The molecule has 4 rings (SSSR count). The standard InChI is InChI=1S/C22H15Cl3N6O3/c1-2-17(32)27-13-5-3-4-11(8-13)21(33)28-20-18(16-6-7-26-29-16)22(34)31(30-20)19-14(24)9-12(23)10-15(19)25/h2-10,18H,1H2,(H,26,29)(H,27,32)(H,28,30,33). The van der Waals surface area contributed by atoms with Gasteiger partial charge in [-0.25, -0.2) is 0 Å². The van der Waals surface area contributed by atoms with Gasteiger partial charge in [0.1, 0.15) is 17.4 Å². The minimum atomic E-state index is -1.03. The predicted molar refractivity (Wildman–Crippen MR) is 130 cm³/mol. The molecule has 1 aliphatic heterocycles. The van der Waals surface area contributed by atoms with E-state index in [9.17, 15) is 14.4 Å². The fourth-order valence-corrected chi connectivity index (χ4v) is 4.24. The first-order valence-electron chi connectivity index (χ1n) is 9.70. The highest BCUT2D eigenvalue weighted by Gasteiger charge is 2.41. The first-order chi connectivity index (χ1) is 16.3. The van der Waals surface area contributed by atoms with E-state index in [-0.39, 0.29) is 32.2 Å². The van der Waals surface area contributed by atoms with Crippen LogP contribution >= 0.6 is 34.8 Å². The van der Waals surface area contributed by atoms with Gasteiger partial charge < -0.3 is 10.6 Å². The number of aromatic nitrogens is 2. The topological polar surface area (TPSA) is 120 Å². The van der Waals surface area contributed by atoms with E-state index in [4.69, 9.17) is 34.8 Å². The zero-order chi connectivity index (χ0) is 24.4. The third kappa shape index (κ3) is 4.67. The van der Waals surface area contributed by atoms with Crippen molar-refractivity contribution < 1.29 is 14.4 Å². The van der Waals surface area contributed by atoms with Crippen LogP contribution in [0.25, 0.3) is 0 Å². The summed E-state index contributed by atoms with van der Waals surface area (Å²) < 4.78 is 0. The van der Waals surface area contributed by atoms with Crippen LogP contribution in [-0.4, -0.2) is 33.8 Å². The zero-order valence-electron chi connectivity index (χ0n) is 17.2. The number of amides is 3. The Labute approximate surface area is 208 Å². The Morgan fingerprint density at radius 1 is 1.09 bits per heavy atom. The van der Waals surface area contributed by atoms with E-state index in [0.29, 0.717) is 11.4 Å². The summed E-state index contributed by atoms with van der Waals surface area (Å²) in [5, 5.41) is 17.8. The number of nitrogens with one attached hydrogen (secondary N) is 3. The summed E-state index contributed by atoms with van der Waals surface area (Å²) >= 11 is 18.6. The Morgan fingerprint density at radius 3 is 2.47 bits per heavy atom. The van der Waals surface area contributed by atoms with Crippen LogP contribution in [0.4, 0.5) is 11.4 Å². The van der Waals surface area contributed by atoms with Crippen molar-refractivity contribution in [2.75, 3.05) is 10.3 Å². The summed E-state index contributed by atoms with van der Waals surface area (Å²) in [6.45, 7) is 3.39. The van der Waals surface area contributed by atoms with Gasteiger partial charge in [0.2, 0.25) is 5.91 Å². The van der Waals surface area contributed by atoms with Gasteiger partial charge in [-0.3, -0.25) is 19.5 Å². The maximum absolute atomic E-state index is 13.3. The van der Waals surface area contributed by atoms with Crippen molar-refractivity contribution in [2.24, 2.45) is 5.10 Å². The molecule has 172 valence electrons. The Bertz CT molecular complexity index is 1320. The highest BCUT2D eigenvalue weighted by atomic mass is 35.5. The van der Waals surface area contributed by atoms with Gasteiger partial charge in [-0.15, -0.1) is 0 Å². The summed E-state index contributed by atoms with van der Waals surface area (Å²) in [6.07, 6.45) is 2.65. The van der Waals surface area contributed by atoms with Gasteiger partial charge in [0.25, 0.3) is 11.8 Å². The number of nitrogens with zero attached hydrogens (tertiary/aromatic N) is 3. The fourth-order valence-electron chi connectivity index (χ4n) is 3.27. The highest BCUT2D eigenvalue weighted by Crippen LogP contribution is 2.40. The zero-order valence-corrected chi connectivity index (χ0v) is 19.4. The molecule has 3 amide bonds. The van der Waals surface area contributed by atoms with Crippen molar-refractivity contribution in [3.05, 3.63) is 87.6 Å². The Morgan fingerprint density at radius 2 is 1.82 bits per heavy atom. The predicted octanol–water partition coefficient (Wildman–Crippen LogP) is 4.37. The Balaban J connectivity index is 1.68. The fraction of sp³-hybridized carbons (Fsp3) is 0.0455. The molecule has 9 nitrogen and oxygen atoms in total. The molecule has 1 unspecified atom stereocenters. The van der Waals surface area contributed by atoms with Crippen LogP contribution < -0.4 is 15.6 Å². The molecular formula is C22H15Cl3N6O3. The van der Waals surface area contributed by atoms with Gasteiger partial charge in [-0.05, 0) is 42.5 Å². The number of halogens is 3. The molecule has 0 radical (unpaired) electrons. The molecule has 2 aromatic carbocycles. The average Bonchev–Trinajstić information content (AvgIpc) is 3.41. The van der Waals surface area contributed by atoms with Crippen LogP contribution in [0.3, 0.4) is 0 Å². The average molecular weight is 518 g/mol. The number of hydrogen-bond donors (Lipinski definition) is 3. The maximum Gasteiger partial charge on any atom is 0.264 e. The Hall–Kier alpha value is -3.66. The van der Waals surface area contributed by atoms with Crippen molar-refractivity contribution in [3.8, 4) is 0 Å². The number of amidine groups is 1. The summed E-state index contributed by atoms with van der Waals surface area (Å²) in [5.74, 6) is -2.52. The van der Waals surface area contributed by atoms with E-state index in [0.717, 1.165) is 11.1 Å². The number of aromatic amines is 1. The van der Waals surface area contributed by atoms with E-state index in [2.05, 4.69) is 32.5 Å². The van der Waals surface area contributed by atoms with Gasteiger partial charge in [0.15, 0.2) is 0 Å². The van der Waals surface area contributed by atoms with Gasteiger partial charge in [0.05, 0.1) is 15.7 Å². The van der Waals surface area contributed by atoms with Gasteiger partial charge >= 0.3 is 0 Å². The molecule has 1 atom stereocenters. The highest BCUT2D eigenvalue weighted by molar-refractivity contribution is 6.43. The molecule has 0 spiro atoms. The lowest BCUT2D eigenvalue weighted by atomic mass is 10.0. The number of carbonyl (C=O) groups excluding carboxylic acids is 3. The molecule has 34 heavy (non-hydrogen) atoms. The van der Waals surface area contributed by atoms with Gasteiger partial charge in [-0.1, -0.05) is 47.4 Å². The number of H-pyrrole nitrogens is 1. The molecule has 0 saturated carbocycles.